The fourth-order valence-electron chi connectivity index (χ4n) is 3.23. The summed E-state index contributed by atoms with van der Waals surface area (Å²) in [4.78, 5) is 21.5. The normalized spacial score (nSPS) is 15.8. The van der Waals surface area contributed by atoms with E-state index in [4.69, 9.17) is 11.6 Å². The zero-order chi connectivity index (χ0) is 19.2. The first-order chi connectivity index (χ1) is 13.1. The number of carbonyl (C=O) groups is 1. The van der Waals surface area contributed by atoms with Crippen LogP contribution < -0.4 is 5.32 Å². The second kappa shape index (κ2) is 9.30. The van der Waals surface area contributed by atoms with E-state index < -0.39 is 0 Å². The quantitative estimate of drug-likeness (QED) is 0.732. The molecular weight excluding hydrogens is 364 g/mol. The standard InChI is InChI=1S/C19H27ClN6O/c1-3-24-11-13-25(14-12-24)10-4-9-21-19(27)18-22-15(2)26(23-18)17-7-5-16(20)6-8-17/h5-8H,3-4,9-14H2,1-2H3,(H,21,27). The highest BCUT2D eigenvalue weighted by Gasteiger charge is 2.16. The lowest BCUT2D eigenvalue weighted by Crippen LogP contribution is -2.46. The zero-order valence-corrected chi connectivity index (χ0v) is 16.7. The maximum Gasteiger partial charge on any atom is 0.290 e. The highest BCUT2D eigenvalue weighted by molar-refractivity contribution is 6.30. The van der Waals surface area contributed by atoms with Crippen molar-refractivity contribution in [1.82, 2.24) is 29.9 Å². The number of hydrogen-bond donors (Lipinski definition) is 1. The first-order valence-corrected chi connectivity index (χ1v) is 9.87. The molecule has 1 fully saturated rings. The fraction of sp³-hybridized carbons (Fsp3) is 0.526. The molecule has 1 aromatic heterocycles. The molecule has 7 nitrogen and oxygen atoms in total. The fourth-order valence-corrected chi connectivity index (χ4v) is 3.35. The predicted molar refractivity (Wildman–Crippen MR) is 107 cm³/mol. The van der Waals surface area contributed by atoms with Gasteiger partial charge in [0.1, 0.15) is 5.82 Å². The van der Waals surface area contributed by atoms with Gasteiger partial charge in [0.05, 0.1) is 5.69 Å². The van der Waals surface area contributed by atoms with Gasteiger partial charge >= 0.3 is 0 Å². The third-order valence-corrected chi connectivity index (χ3v) is 5.14. The minimum atomic E-state index is -0.235. The third-order valence-electron chi connectivity index (χ3n) is 4.89. The van der Waals surface area contributed by atoms with E-state index >= 15 is 0 Å². The van der Waals surface area contributed by atoms with Crippen LogP contribution in [-0.4, -0.2) is 76.3 Å². The van der Waals surface area contributed by atoms with Gasteiger partial charge in [-0.15, -0.1) is 5.10 Å². The molecule has 1 amide bonds. The number of hydrogen-bond acceptors (Lipinski definition) is 5. The highest BCUT2D eigenvalue weighted by Crippen LogP contribution is 2.14. The second-order valence-electron chi connectivity index (χ2n) is 6.76. The molecule has 2 aromatic rings. The molecule has 0 saturated carbocycles. The van der Waals surface area contributed by atoms with Crippen LogP contribution in [0.2, 0.25) is 5.02 Å². The molecular formula is C19H27ClN6O. The van der Waals surface area contributed by atoms with Crippen LogP contribution in [0.25, 0.3) is 5.69 Å². The zero-order valence-electron chi connectivity index (χ0n) is 16.0. The molecule has 1 aromatic carbocycles. The Kier molecular flexibility index (Phi) is 6.82. The number of amides is 1. The molecule has 2 heterocycles. The number of piperazine rings is 1. The number of nitrogens with one attached hydrogen (secondary N) is 1. The summed E-state index contributed by atoms with van der Waals surface area (Å²) >= 11 is 5.92. The lowest BCUT2D eigenvalue weighted by molar-refractivity contribution is 0.0938. The number of aryl methyl sites for hydroxylation is 1. The van der Waals surface area contributed by atoms with Crippen molar-refractivity contribution in [2.24, 2.45) is 0 Å². The summed E-state index contributed by atoms with van der Waals surface area (Å²) < 4.78 is 1.65. The van der Waals surface area contributed by atoms with Crippen LogP contribution in [-0.2, 0) is 0 Å². The maximum absolute atomic E-state index is 12.3. The van der Waals surface area contributed by atoms with Gasteiger partial charge in [0, 0.05) is 37.7 Å². The van der Waals surface area contributed by atoms with Gasteiger partial charge in [-0.25, -0.2) is 9.67 Å². The van der Waals surface area contributed by atoms with Gasteiger partial charge in [0.15, 0.2) is 0 Å². The van der Waals surface area contributed by atoms with Crippen LogP contribution in [0.3, 0.4) is 0 Å². The average molecular weight is 391 g/mol. The van der Waals surface area contributed by atoms with Gasteiger partial charge in [0.2, 0.25) is 5.82 Å². The molecule has 0 bridgehead atoms. The number of aromatic nitrogens is 3. The molecule has 1 aliphatic rings. The van der Waals surface area contributed by atoms with Crippen LogP contribution in [0.1, 0.15) is 29.8 Å². The van der Waals surface area contributed by atoms with Crippen molar-refractivity contribution in [2.75, 3.05) is 45.8 Å². The van der Waals surface area contributed by atoms with Crippen LogP contribution in [0.5, 0.6) is 0 Å². The predicted octanol–water partition coefficient (Wildman–Crippen LogP) is 1.99. The topological polar surface area (TPSA) is 66.3 Å². The van der Waals surface area contributed by atoms with E-state index in [1.54, 1.807) is 16.8 Å². The molecule has 0 radical (unpaired) electrons. The monoisotopic (exact) mass is 390 g/mol. The van der Waals surface area contributed by atoms with E-state index in [-0.39, 0.29) is 11.7 Å². The molecule has 0 atom stereocenters. The molecule has 27 heavy (non-hydrogen) atoms. The lowest BCUT2D eigenvalue weighted by Gasteiger charge is -2.33. The summed E-state index contributed by atoms with van der Waals surface area (Å²) in [7, 11) is 0. The molecule has 3 rings (SSSR count). The van der Waals surface area contributed by atoms with E-state index in [1.165, 1.54) is 0 Å². The van der Waals surface area contributed by atoms with Crippen molar-refractivity contribution in [2.45, 2.75) is 20.3 Å². The number of likely N-dealkylation sites (N-methyl/N-ethyl adjacent to an activating group) is 1. The summed E-state index contributed by atoms with van der Waals surface area (Å²) in [6, 6.07) is 7.28. The highest BCUT2D eigenvalue weighted by atomic mass is 35.5. The Labute approximate surface area is 165 Å². The SMILES string of the molecule is CCN1CCN(CCCNC(=O)c2nc(C)n(-c3ccc(Cl)cc3)n2)CC1. The largest absolute Gasteiger partial charge is 0.349 e. The molecule has 8 heteroatoms. The van der Waals surface area contributed by atoms with Crippen LogP contribution in [0.4, 0.5) is 0 Å². The Bertz CT molecular complexity index is 752. The first-order valence-electron chi connectivity index (χ1n) is 9.49. The Morgan fingerprint density at radius 3 is 2.48 bits per heavy atom. The van der Waals surface area contributed by atoms with Gasteiger partial charge in [-0.3, -0.25) is 4.79 Å². The van der Waals surface area contributed by atoms with E-state index in [1.807, 2.05) is 19.1 Å². The van der Waals surface area contributed by atoms with Crippen molar-refractivity contribution in [3.8, 4) is 5.69 Å². The number of halogens is 1. The van der Waals surface area contributed by atoms with Crippen LogP contribution in [0.15, 0.2) is 24.3 Å². The van der Waals surface area contributed by atoms with Gasteiger partial charge in [0.25, 0.3) is 5.91 Å². The molecule has 1 saturated heterocycles. The minimum absolute atomic E-state index is 0.194. The van der Waals surface area contributed by atoms with Crippen molar-refractivity contribution in [1.29, 1.82) is 0 Å². The van der Waals surface area contributed by atoms with Crippen molar-refractivity contribution in [3.63, 3.8) is 0 Å². The Hall–Kier alpha value is -1.96. The second-order valence-corrected chi connectivity index (χ2v) is 7.19. The first kappa shape index (κ1) is 19.8. The number of carbonyl (C=O) groups excluding carboxylic acids is 1. The Morgan fingerprint density at radius 1 is 1.15 bits per heavy atom. The molecule has 0 aliphatic carbocycles. The third kappa shape index (κ3) is 5.28. The van der Waals surface area contributed by atoms with E-state index in [9.17, 15) is 4.79 Å². The molecule has 1 aliphatic heterocycles. The molecule has 1 N–H and O–H groups in total. The van der Waals surface area contributed by atoms with Crippen molar-refractivity contribution >= 4 is 17.5 Å². The van der Waals surface area contributed by atoms with Crippen molar-refractivity contribution < 1.29 is 4.79 Å². The minimum Gasteiger partial charge on any atom is -0.349 e. The Balaban J connectivity index is 1.46. The van der Waals surface area contributed by atoms with Crippen molar-refractivity contribution in [3.05, 3.63) is 40.9 Å². The van der Waals surface area contributed by atoms with Gasteiger partial charge in [-0.2, -0.15) is 0 Å². The molecule has 0 spiro atoms. The summed E-state index contributed by atoms with van der Waals surface area (Å²) in [6.45, 7) is 11.3. The van der Waals surface area contributed by atoms with E-state index in [0.717, 1.165) is 51.4 Å². The summed E-state index contributed by atoms with van der Waals surface area (Å²) in [5.74, 6) is 0.622. The van der Waals surface area contributed by atoms with Crippen LogP contribution in [0, 0.1) is 6.92 Å². The van der Waals surface area contributed by atoms with Gasteiger partial charge in [-0.1, -0.05) is 18.5 Å². The maximum atomic E-state index is 12.3. The molecule has 0 unspecified atom stereocenters. The number of nitrogens with zero attached hydrogens (tertiary/aromatic N) is 5. The number of benzene rings is 1. The molecule has 146 valence electrons. The smallest absolute Gasteiger partial charge is 0.290 e. The van der Waals surface area contributed by atoms with Gasteiger partial charge in [-0.05, 0) is 50.7 Å². The van der Waals surface area contributed by atoms with E-state index in [0.29, 0.717) is 17.4 Å². The number of rotatable bonds is 7. The average Bonchev–Trinajstić information content (AvgIpc) is 3.08. The summed E-state index contributed by atoms with van der Waals surface area (Å²) in [5, 5.41) is 7.91. The lowest BCUT2D eigenvalue weighted by atomic mass is 10.3. The van der Waals surface area contributed by atoms with Gasteiger partial charge < -0.3 is 15.1 Å². The Morgan fingerprint density at radius 2 is 1.81 bits per heavy atom. The summed E-state index contributed by atoms with van der Waals surface area (Å²) in [6.07, 6.45) is 0.925. The summed E-state index contributed by atoms with van der Waals surface area (Å²) in [5.41, 5.74) is 0.828. The van der Waals surface area contributed by atoms with E-state index in [2.05, 4.69) is 32.1 Å². The van der Waals surface area contributed by atoms with Crippen LogP contribution >= 0.6 is 11.6 Å².